The Hall–Kier alpha value is 1.10. The van der Waals surface area contributed by atoms with Crippen LogP contribution in [0.2, 0.25) is 0 Å². The molecule has 0 atom stereocenters. The van der Waals surface area contributed by atoms with Gasteiger partial charge in [0.15, 0.2) is 0 Å². The summed E-state index contributed by atoms with van der Waals surface area (Å²) in [5.41, 5.74) is 0. The minimum atomic E-state index is -4.64. The van der Waals surface area contributed by atoms with Gasteiger partial charge in [0.05, 0.1) is 13.2 Å². The van der Waals surface area contributed by atoms with E-state index in [0.29, 0.717) is 0 Å². The molecule has 0 saturated heterocycles. The second-order valence-electron chi connectivity index (χ2n) is 2.05. The second kappa shape index (κ2) is 13.5. The summed E-state index contributed by atoms with van der Waals surface area (Å²) in [6, 6.07) is 0. The average molecular weight is 312 g/mol. The van der Waals surface area contributed by atoms with Gasteiger partial charge in [-0.2, -0.15) is 0 Å². The summed E-state index contributed by atoms with van der Waals surface area (Å²) in [5, 5.41) is 24.0. The zero-order chi connectivity index (χ0) is 14.0. The molecule has 0 aliphatic carbocycles. The molecule has 0 aromatic carbocycles. The van der Waals surface area contributed by atoms with Crippen LogP contribution in [0.15, 0.2) is 0 Å². The van der Waals surface area contributed by atoms with Crippen LogP contribution in [0.1, 0.15) is 1.43 Å². The van der Waals surface area contributed by atoms with Crippen molar-refractivity contribution < 1.29 is 84.8 Å². The maximum atomic E-state index is 8.88. The molecule has 0 rings (SSSR count). The molecule has 104 valence electrons. The van der Waals surface area contributed by atoms with Crippen molar-refractivity contribution in [2.75, 3.05) is 13.2 Å². The third kappa shape index (κ3) is 150. The van der Waals surface area contributed by atoms with Crippen molar-refractivity contribution in [1.82, 2.24) is 0 Å². The van der Waals surface area contributed by atoms with Crippen molar-refractivity contribution in [2.24, 2.45) is 0 Å². The van der Waals surface area contributed by atoms with E-state index in [4.69, 9.17) is 53.8 Å². The molecule has 11 nitrogen and oxygen atoms in total. The molecule has 0 bridgehead atoms. The van der Waals surface area contributed by atoms with Gasteiger partial charge in [0.25, 0.3) is 0 Å². The normalized spacial score (nSPS) is 10.5. The van der Waals surface area contributed by atoms with Crippen LogP contribution in [-0.2, 0) is 9.13 Å². The van der Waals surface area contributed by atoms with Gasteiger partial charge in [-0.1, -0.05) is 0 Å². The molecule has 0 aromatic rings. The number of phosphoric acid groups is 2. The molecule has 9 N–H and O–H groups in total. The molecular formula is C3H15NaO11P2. The van der Waals surface area contributed by atoms with Gasteiger partial charge < -0.3 is 46.1 Å². The minimum absolute atomic E-state index is 0. The van der Waals surface area contributed by atoms with E-state index >= 15 is 0 Å². The SMILES string of the molecule is O=P(O)(O)O.O=P(O)(O)O.OCC(O)CO.[H-].[Na+]. The van der Waals surface area contributed by atoms with Crippen LogP contribution in [0.4, 0.5) is 0 Å². The molecule has 0 fully saturated rings. The van der Waals surface area contributed by atoms with E-state index in [1.807, 2.05) is 0 Å². The molecule has 0 heterocycles. The standard InChI is InChI=1S/C3H8O3.Na.2H3O4P.H/c4-1-3(6)2-5;;2*1-5(2,3)4;/h3-6H,1-2H2;;2*(H3,1,2,3,4);/q;+1;;;-1. The predicted octanol–water partition coefficient (Wildman–Crippen LogP) is -6.41. The fourth-order valence-electron chi connectivity index (χ4n) is 0.0577. The van der Waals surface area contributed by atoms with Crippen molar-refractivity contribution in [3.8, 4) is 0 Å². The monoisotopic (exact) mass is 312 g/mol. The van der Waals surface area contributed by atoms with Gasteiger partial charge in [-0.3, -0.25) is 0 Å². The van der Waals surface area contributed by atoms with E-state index in [-0.39, 0.29) is 44.2 Å². The molecule has 0 amide bonds. The Labute approximate surface area is 120 Å². The van der Waals surface area contributed by atoms with Crippen LogP contribution in [0.25, 0.3) is 0 Å². The van der Waals surface area contributed by atoms with Crippen molar-refractivity contribution in [1.29, 1.82) is 0 Å². The molecule has 0 aliphatic heterocycles. The van der Waals surface area contributed by atoms with Crippen LogP contribution in [0, 0.1) is 0 Å². The minimum Gasteiger partial charge on any atom is -1.00 e. The van der Waals surface area contributed by atoms with Crippen LogP contribution in [-0.4, -0.2) is 64.0 Å². The Balaban J connectivity index is -0.0000000447. The molecule has 0 aromatic heterocycles. The predicted molar refractivity (Wildman–Crippen MR) is 49.8 cm³/mol. The third-order valence-electron chi connectivity index (χ3n) is 0.421. The Morgan fingerprint density at radius 3 is 0.941 bits per heavy atom. The molecule has 0 spiro atoms. The average Bonchev–Trinajstić information content (AvgIpc) is 1.96. The fourth-order valence-corrected chi connectivity index (χ4v) is 0.0577. The van der Waals surface area contributed by atoms with Gasteiger partial charge in [0.2, 0.25) is 0 Å². The Kier molecular flexibility index (Phi) is 21.2. The van der Waals surface area contributed by atoms with E-state index in [9.17, 15) is 0 Å². The van der Waals surface area contributed by atoms with Crippen molar-refractivity contribution in [2.45, 2.75) is 6.10 Å². The van der Waals surface area contributed by atoms with Gasteiger partial charge in [-0.05, 0) is 0 Å². The summed E-state index contributed by atoms with van der Waals surface area (Å²) in [5.74, 6) is 0. The summed E-state index contributed by atoms with van der Waals surface area (Å²) in [6.45, 7) is -0.729. The first-order valence-electron chi connectivity index (χ1n) is 3.27. The van der Waals surface area contributed by atoms with E-state index in [2.05, 4.69) is 0 Å². The zero-order valence-corrected chi connectivity index (χ0v) is 12.5. The van der Waals surface area contributed by atoms with E-state index in [1.165, 1.54) is 0 Å². The van der Waals surface area contributed by atoms with Crippen LogP contribution < -0.4 is 29.6 Å². The topological polar surface area (TPSA) is 216 Å². The molecule has 0 unspecified atom stereocenters. The number of hydrogen-bond donors (Lipinski definition) is 9. The van der Waals surface area contributed by atoms with Crippen molar-refractivity contribution in [3.63, 3.8) is 0 Å². The largest absolute Gasteiger partial charge is 1.00 e. The van der Waals surface area contributed by atoms with Crippen LogP contribution >= 0.6 is 15.6 Å². The quantitative estimate of drug-likeness (QED) is 0.172. The summed E-state index contributed by atoms with van der Waals surface area (Å²) in [7, 11) is -9.28. The maximum absolute atomic E-state index is 8.88. The molecule has 14 heteroatoms. The molecule has 0 aliphatic rings. The first kappa shape index (κ1) is 26.6. The number of aliphatic hydroxyl groups is 3. The first-order valence-corrected chi connectivity index (χ1v) is 6.40. The van der Waals surface area contributed by atoms with Crippen molar-refractivity contribution in [3.05, 3.63) is 0 Å². The molecule has 17 heavy (non-hydrogen) atoms. The first-order chi connectivity index (χ1) is 6.81. The molecule has 0 saturated carbocycles. The van der Waals surface area contributed by atoms with Gasteiger partial charge in [-0.25, -0.2) is 9.13 Å². The van der Waals surface area contributed by atoms with Gasteiger partial charge in [-0.15, -0.1) is 0 Å². The third-order valence-corrected chi connectivity index (χ3v) is 0.421. The van der Waals surface area contributed by atoms with Gasteiger partial charge >= 0.3 is 45.2 Å². The summed E-state index contributed by atoms with van der Waals surface area (Å²) >= 11 is 0. The number of rotatable bonds is 2. The van der Waals surface area contributed by atoms with Gasteiger partial charge in [0, 0.05) is 0 Å². The van der Waals surface area contributed by atoms with Crippen molar-refractivity contribution >= 4 is 15.6 Å². The fraction of sp³-hybridized carbons (Fsp3) is 1.00. The Bertz CT molecular complexity index is 198. The Morgan fingerprint density at radius 2 is 0.941 bits per heavy atom. The summed E-state index contributed by atoms with van der Waals surface area (Å²) in [4.78, 5) is 43.1. The number of hydrogen-bond acceptors (Lipinski definition) is 5. The van der Waals surface area contributed by atoms with Crippen LogP contribution in [0.5, 0.6) is 0 Å². The van der Waals surface area contributed by atoms with E-state index in [1.54, 1.807) is 0 Å². The molecule has 0 radical (unpaired) electrons. The number of aliphatic hydroxyl groups excluding tert-OH is 3. The second-order valence-corrected chi connectivity index (χ2v) is 4.10. The summed E-state index contributed by atoms with van der Waals surface area (Å²) in [6.07, 6.45) is -0.954. The van der Waals surface area contributed by atoms with Gasteiger partial charge in [0.1, 0.15) is 6.10 Å². The van der Waals surface area contributed by atoms with Crippen LogP contribution in [0.3, 0.4) is 0 Å². The Morgan fingerprint density at radius 1 is 0.824 bits per heavy atom. The maximum Gasteiger partial charge on any atom is 1.00 e. The smallest absolute Gasteiger partial charge is 1.00 e. The van der Waals surface area contributed by atoms with E-state index < -0.39 is 21.7 Å². The van der Waals surface area contributed by atoms with E-state index in [0.717, 1.165) is 0 Å². The summed E-state index contributed by atoms with van der Waals surface area (Å²) < 4.78 is 17.8. The molecular weight excluding hydrogens is 297 g/mol. The zero-order valence-electron chi connectivity index (χ0n) is 9.73.